The fourth-order valence-corrected chi connectivity index (χ4v) is 2.78. The summed E-state index contributed by atoms with van der Waals surface area (Å²) in [5, 5.41) is 0. The van der Waals surface area contributed by atoms with Gasteiger partial charge in [0.15, 0.2) is 23.1 Å². The maximum absolute atomic E-state index is 11.2. The summed E-state index contributed by atoms with van der Waals surface area (Å²) in [4.78, 5) is 44.9. The van der Waals surface area contributed by atoms with Gasteiger partial charge in [-0.2, -0.15) is 0 Å². The maximum atomic E-state index is 11.2. The number of hydrogen-bond acceptors (Lipinski definition) is 4. The average molecular weight is 318 g/mol. The molecule has 0 amide bonds. The second kappa shape index (κ2) is 6.54. The molecule has 2 atom stereocenters. The van der Waals surface area contributed by atoms with Crippen LogP contribution in [0.5, 0.6) is 0 Å². The molecule has 0 saturated carbocycles. The third-order valence-electron chi connectivity index (χ3n) is 4.05. The number of fused-ring (bicyclic) bond motifs is 2. The van der Waals surface area contributed by atoms with Crippen molar-refractivity contribution in [1.29, 1.82) is 0 Å². The summed E-state index contributed by atoms with van der Waals surface area (Å²) in [6.45, 7) is 0. The first-order chi connectivity index (χ1) is 11.6. The van der Waals surface area contributed by atoms with Crippen LogP contribution in [0.1, 0.15) is 20.7 Å². The van der Waals surface area contributed by atoms with Crippen molar-refractivity contribution in [2.75, 3.05) is 0 Å². The predicted octanol–water partition coefficient (Wildman–Crippen LogP) is 2.67. The summed E-state index contributed by atoms with van der Waals surface area (Å²) < 4.78 is 0. The molecular formula is C20H14O4. The van der Waals surface area contributed by atoms with Crippen LogP contribution in [-0.4, -0.2) is 23.1 Å². The normalized spacial score (nSPS) is 23.5. The van der Waals surface area contributed by atoms with Gasteiger partial charge in [-0.1, -0.05) is 48.6 Å². The molecule has 24 heavy (non-hydrogen) atoms. The highest BCUT2D eigenvalue weighted by Crippen LogP contribution is 2.25. The Kier molecular flexibility index (Phi) is 4.29. The van der Waals surface area contributed by atoms with Crippen molar-refractivity contribution in [1.82, 2.24) is 0 Å². The standard InChI is InChI=1S/C10H8O2.C10H6O2/c2*11-9-5-6-10(12)8-4-2-1-3-7(8)9/h1-8H;1-6H. The molecule has 1 aromatic rings. The summed E-state index contributed by atoms with van der Waals surface area (Å²) in [6.07, 6.45) is 12.6. The molecule has 0 spiro atoms. The van der Waals surface area contributed by atoms with Crippen LogP contribution < -0.4 is 0 Å². The van der Waals surface area contributed by atoms with Crippen molar-refractivity contribution in [3.63, 3.8) is 0 Å². The maximum Gasteiger partial charge on any atom is 0.186 e. The number of carbonyl (C=O) groups excluding carboxylic acids is 4. The van der Waals surface area contributed by atoms with Gasteiger partial charge in [-0.3, -0.25) is 19.2 Å². The molecule has 0 heterocycles. The van der Waals surface area contributed by atoms with E-state index in [1.165, 1.54) is 24.3 Å². The van der Waals surface area contributed by atoms with E-state index in [-0.39, 0.29) is 35.0 Å². The van der Waals surface area contributed by atoms with Gasteiger partial charge in [-0.25, -0.2) is 0 Å². The highest BCUT2D eigenvalue weighted by atomic mass is 16.1. The molecule has 0 N–H and O–H groups in total. The molecule has 0 saturated heterocycles. The molecule has 4 nitrogen and oxygen atoms in total. The van der Waals surface area contributed by atoms with E-state index >= 15 is 0 Å². The van der Waals surface area contributed by atoms with E-state index < -0.39 is 0 Å². The van der Waals surface area contributed by atoms with Crippen LogP contribution >= 0.6 is 0 Å². The van der Waals surface area contributed by atoms with E-state index in [4.69, 9.17) is 0 Å². The van der Waals surface area contributed by atoms with E-state index in [1.54, 1.807) is 36.4 Å². The van der Waals surface area contributed by atoms with Crippen LogP contribution in [0.15, 0.2) is 72.9 Å². The second-order valence-electron chi connectivity index (χ2n) is 5.57. The summed E-state index contributed by atoms with van der Waals surface area (Å²) >= 11 is 0. The fraction of sp³-hybridized carbons (Fsp3) is 0.100. The minimum atomic E-state index is -0.243. The lowest BCUT2D eigenvalue weighted by Gasteiger charge is -2.22. The minimum absolute atomic E-state index is 0.0280. The Morgan fingerprint density at radius 3 is 1.42 bits per heavy atom. The van der Waals surface area contributed by atoms with Gasteiger partial charge in [0.05, 0.1) is 11.8 Å². The summed E-state index contributed by atoms with van der Waals surface area (Å²) in [5.74, 6) is -0.615. The Morgan fingerprint density at radius 1 is 0.583 bits per heavy atom. The average Bonchev–Trinajstić information content (AvgIpc) is 2.63. The van der Waals surface area contributed by atoms with Crippen LogP contribution in [0.3, 0.4) is 0 Å². The first kappa shape index (κ1) is 15.7. The van der Waals surface area contributed by atoms with Crippen molar-refractivity contribution in [2.24, 2.45) is 11.8 Å². The second-order valence-corrected chi connectivity index (χ2v) is 5.57. The van der Waals surface area contributed by atoms with E-state index in [9.17, 15) is 19.2 Å². The van der Waals surface area contributed by atoms with Crippen molar-refractivity contribution < 1.29 is 19.2 Å². The molecule has 0 aromatic heterocycles. The van der Waals surface area contributed by atoms with Crippen LogP contribution in [0.25, 0.3) is 0 Å². The summed E-state index contributed by atoms with van der Waals surface area (Å²) in [6, 6.07) is 6.84. The fourth-order valence-electron chi connectivity index (χ4n) is 2.78. The SMILES string of the molecule is O=C1C=CC(=O)C2C=CC=CC12.O=C1C=CC(=O)c2ccccc21. The minimum Gasteiger partial charge on any atom is -0.294 e. The van der Waals surface area contributed by atoms with Crippen molar-refractivity contribution in [3.05, 3.63) is 84.0 Å². The molecule has 1 aromatic carbocycles. The molecule has 0 bridgehead atoms. The number of ketones is 4. The highest BCUT2D eigenvalue weighted by Gasteiger charge is 2.31. The zero-order valence-electron chi connectivity index (χ0n) is 12.7. The molecule has 3 aliphatic carbocycles. The van der Waals surface area contributed by atoms with Gasteiger partial charge in [0.25, 0.3) is 0 Å². The zero-order valence-corrected chi connectivity index (χ0v) is 12.7. The highest BCUT2D eigenvalue weighted by molar-refractivity contribution is 6.21. The molecule has 4 rings (SSSR count). The largest absolute Gasteiger partial charge is 0.294 e. The Hall–Kier alpha value is -3.14. The third kappa shape index (κ3) is 2.99. The van der Waals surface area contributed by atoms with Crippen LogP contribution in [0.2, 0.25) is 0 Å². The van der Waals surface area contributed by atoms with Crippen molar-refractivity contribution in [3.8, 4) is 0 Å². The Morgan fingerprint density at radius 2 is 1.00 bits per heavy atom. The Labute approximate surface area is 138 Å². The van der Waals surface area contributed by atoms with Gasteiger partial charge in [-0.05, 0) is 24.3 Å². The molecule has 2 unspecified atom stereocenters. The number of allylic oxidation sites excluding steroid dienone is 8. The van der Waals surface area contributed by atoms with Gasteiger partial charge in [0, 0.05) is 11.1 Å². The molecule has 0 radical (unpaired) electrons. The number of benzene rings is 1. The molecule has 4 heteroatoms. The Balaban J connectivity index is 0.000000141. The van der Waals surface area contributed by atoms with E-state index in [0.29, 0.717) is 11.1 Å². The monoisotopic (exact) mass is 318 g/mol. The molecule has 3 aliphatic rings. The van der Waals surface area contributed by atoms with E-state index in [1.807, 2.05) is 12.2 Å². The summed E-state index contributed by atoms with van der Waals surface area (Å²) in [5.41, 5.74) is 1.01. The van der Waals surface area contributed by atoms with E-state index in [2.05, 4.69) is 0 Å². The number of carbonyl (C=O) groups is 4. The first-order valence-corrected chi connectivity index (χ1v) is 7.54. The topological polar surface area (TPSA) is 68.3 Å². The van der Waals surface area contributed by atoms with Crippen LogP contribution in [0, 0.1) is 11.8 Å². The van der Waals surface area contributed by atoms with Gasteiger partial charge in [0.1, 0.15) is 0 Å². The van der Waals surface area contributed by atoms with Gasteiger partial charge in [0.2, 0.25) is 0 Å². The van der Waals surface area contributed by atoms with Crippen molar-refractivity contribution >= 4 is 23.1 Å². The lowest BCUT2D eigenvalue weighted by Crippen LogP contribution is -2.30. The van der Waals surface area contributed by atoms with Crippen LogP contribution in [0.4, 0.5) is 0 Å². The number of hydrogen-bond donors (Lipinski definition) is 0. The van der Waals surface area contributed by atoms with Crippen molar-refractivity contribution in [2.45, 2.75) is 0 Å². The number of rotatable bonds is 0. The quantitative estimate of drug-likeness (QED) is 0.737. The summed E-state index contributed by atoms with van der Waals surface area (Å²) in [7, 11) is 0. The lowest BCUT2D eigenvalue weighted by atomic mass is 9.79. The third-order valence-corrected chi connectivity index (χ3v) is 4.05. The lowest BCUT2D eigenvalue weighted by molar-refractivity contribution is -0.126. The predicted molar refractivity (Wildman–Crippen MR) is 88.7 cm³/mol. The van der Waals surface area contributed by atoms with E-state index in [0.717, 1.165) is 0 Å². The molecule has 0 aliphatic heterocycles. The molecule has 118 valence electrons. The molecular weight excluding hydrogens is 304 g/mol. The zero-order chi connectivity index (χ0) is 17.1. The van der Waals surface area contributed by atoms with Gasteiger partial charge >= 0.3 is 0 Å². The van der Waals surface area contributed by atoms with Crippen LogP contribution in [-0.2, 0) is 9.59 Å². The van der Waals surface area contributed by atoms with Gasteiger partial charge in [-0.15, -0.1) is 0 Å². The smallest absolute Gasteiger partial charge is 0.186 e. The Bertz CT molecular complexity index is 783. The van der Waals surface area contributed by atoms with Gasteiger partial charge < -0.3 is 0 Å². The molecule has 0 fully saturated rings. The first-order valence-electron chi connectivity index (χ1n) is 7.54.